The Bertz CT molecular complexity index is 552. The van der Waals surface area contributed by atoms with Crippen LogP contribution < -0.4 is 4.74 Å². The van der Waals surface area contributed by atoms with Crippen LogP contribution in [0.25, 0.3) is 0 Å². The Kier molecular flexibility index (Phi) is 3.78. The van der Waals surface area contributed by atoms with E-state index in [1.807, 2.05) is 6.07 Å². The van der Waals surface area contributed by atoms with E-state index < -0.39 is 0 Å². The largest absolute Gasteiger partial charge is 0.493 e. The van der Waals surface area contributed by atoms with Gasteiger partial charge in [0.15, 0.2) is 0 Å². The number of benzene rings is 1. The van der Waals surface area contributed by atoms with Crippen molar-refractivity contribution in [2.45, 2.75) is 17.2 Å². The van der Waals surface area contributed by atoms with Crippen molar-refractivity contribution in [3.05, 3.63) is 50.6 Å². The Balaban J connectivity index is 1.97. The minimum Gasteiger partial charge on any atom is -0.493 e. The van der Waals surface area contributed by atoms with E-state index >= 15 is 0 Å². The highest BCUT2D eigenvalue weighted by molar-refractivity contribution is 9.11. The van der Waals surface area contributed by atoms with Crippen LogP contribution in [0, 0.1) is 0 Å². The van der Waals surface area contributed by atoms with Gasteiger partial charge in [-0.25, -0.2) is 0 Å². The fraction of sp³-hybridized carbons (Fsp3) is 0.286. The molecule has 0 bridgehead atoms. The van der Waals surface area contributed by atoms with Crippen LogP contribution in [0.5, 0.6) is 5.75 Å². The van der Waals surface area contributed by atoms with Crippen LogP contribution >= 0.6 is 43.2 Å². The molecule has 1 aromatic carbocycles. The molecular weight excluding hydrogens is 376 g/mol. The second kappa shape index (κ2) is 5.35. The summed E-state index contributed by atoms with van der Waals surface area (Å²) in [6.45, 7) is 0.798. The molecule has 0 spiro atoms. The van der Waals surface area contributed by atoms with E-state index in [1.165, 1.54) is 14.9 Å². The van der Waals surface area contributed by atoms with Gasteiger partial charge in [-0.2, -0.15) is 0 Å². The average Bonchev–Trinajstić information content (AvgIpc) is 2.83. The highest BCUT2D eigenvalue weighted by atomic mass is 79.9. The van der Waals surface area contributed by atoms with E-state index in [2.05, 4.69) is 61.5 Å². The van der Waals surface area contributed by atoms with Crippen molar-refractivity contribution >= 4 is 43.2 Å². The molecule has 18 heavy (non-hydrogen) atoms. The molecule has 2 aromatic rings. The van der Waals surface area contributed by atoms with E-state index in [0.29, 0.717) is 10.7 Å². The van der Waals surface area contributed by atoms with E-state index in [0.717, 1.165) is 18.8 Å². The first kappa shape index (κ1) is 12.7. The van der Waals surface area contributed by atoms with Crippen LogP contribution in [0.2, 0.25) is 0 Å². The fourth-order valence-corrected chi connectivity index (χ4v) is 5.44. The summed E-state index contributed by atoms with van der Waals surface area (Å²) in [5, 5.41) is 2.12. The normalized spacial score (nSPS) is 20.0. The number of hydrogen-bond donors (Lipinski definition) is 0. The quantitative estimate of drug-likeness (QED) is 0.617. The zero-order valence-corrected chi connectivity index (χ0v) is 13.6. The number of rotatable bonds is 2. The highest BCUT2D eigenvalue weighted by Gasteiger charge is 2.29. The number of alkyl halides is 1. The van der Waals surface area contributed by atoms with Crippen LogP contribution in [0.15, 0.2) is 40.2 Å². The van der Waals surface area contributed by atoms with Gasteiger partial charge in [-0.1, -0.05) is 34.1 Å². The molecule has 0 fully saturated rings. The van der Waals surface area contributed by atoms with Crippen LogP contribution in [-0.4, -0.2) is 6.61 Å². The lowest BCUT2D eigenvalue weighted by atomic mass is 9.90. The molecule has 94 valence electrons. The second-order valence-electron chi connectivity index (χ2n) is 4.32. The third-order valence-corrected chi connectivity index (χ3v) is 6.61. The van der Waals surface area contributed by atoms with Gasteiger partial charge in [0.1, 0.15) is 5.75 Å². The van der Waals surface area contributed by atoms with E-state index in [1.54, 1.807) is 11.3 Å². The molecule has 2 heterocycles. The van der Waals surface area contributed by atoms with Crippen LogP contribution in [-0.2, 0) is 0 Å². The predicted octanol–water partition coefficient (Wildman–Crippen LogP) is 5.51. The molecule has 0 saturated carbocycles. The van der Waals surface area contributed by atoms with Gasteiger partial charge in [0, 0.05) is 15.3 Å². The van der Waals surface area contributed by atoms with Crippen molar-refractivity contribution in [3.63, 3.8) is 0 Å². The van der Waals surface area contributed by atoms with Gasteiger partial charge in [-0.05, 0) is 45.4 Å². The number of para-hydroxylation sites is 1. The van der Waals surface area contributed by atoms with Crippen molar-refractivity contribution in [2.75, 3.05) is 6.61 Å². The molecule has 0 amide bonds. The Morgan fingerprint density at radius 3 is 2.89 bits per heavy atom. The maximum Gasteiger partial charge on any atom is 0.122 e. The van der Waals surface area contributed by atoms with Gasteiger partial charge in [-0.15, -0.1) is 11.3 Å². The molecule has 1 aromatic heterocycles. The van der Waals surface area contributed by atoms with Crippen LogP contribution in [0.4, 0.5) is 0 Å². The smallest absolute Gasteiger partial charge is 0.122 e. The summed E-state index contributed by atoms with van der Waals surface area (Å²) < 4.78 is 6.92. The zero-order valence-electron chi connectivity index (χ0n) is 9.61. The summed E-state index contributed by atoms with van der Waals surface area (Å²) in [5.41, 5.74) is 1.31. The Labute approximate surface area is 127 Å². The third-order valence-electron chi connectivity index (χ3n) is 3.25. The summed E-state index contributed by atoms with van der Waals surface area (Å²) in [5.74, 6) is 1.51. The number of ether oxygens (including phenoxy) is 1. The lowest BCUT2D eigenvalue weighted by Gasteiger charge is -2.29. The molecule has 4 heteroatoms. The molecule has 1 aliphatic heterocycles. The first-order valence-electron chi connectivity index (χ1n) is 5.86. The molecule has 3 rings (SSSR count). The highest BCUT2D eigenvalue weighted by Crippen LogP contribution is 2.48. The third kappa shape index (κ3) is 2.26. The standard InChI is InChI=1S/C14H12Br2OS/c15-11-6-8-18-14(11)13(16)10-5-7-17-12-4-2-1-3-9(10)12/h1-4,6,8,10,13H,5,7H2. The average molecular weight is 388 g/mol. The Hall–Kier alpha value is -0.320. The van der Waals surface area contributed by atoms with Crippen molar-refractivity contribution in [1.82, 2.24) is 0 Å². The van der Waals surface area contributed by atoms with Gasteiger partial charge in [0.2, 0.25) is 0 Å². The summed E-state index contributed by atoms with van der Waals surface area (Å²) >= 11 is 9.29. The minimum absolute atomic E-state index is 0.344. The van der Waals surface area contributed by atoms with Crippen LogP contribution in [0.1, 0.15) is 27.6 Å². The van der Waals surface area contributed by atoms with Gasteiger partial charge >= 0.3 is 0 Å². The van der Waals surface area contributed by atoms with Crippen LogP contribution in [0.3, 0.4) is 0 Å². The minimum atomic E-state index is 0.344. The second-order valence-corrected chi connectivity index (χ2v) is 7.10. The number of halogens is 2. The first-order chi connectivity index (χ1) is 8.77. The lowest BCUT2D eigenvalue weighted by molar-refractivity contribution is 0.266. The molecule has 0 saturated heterocycles. The van der Waals surface area contributed by atoms with E-state index in [4.69, 9.17) is 4.74 Å². The first-order valence-corrected chi connectivity index (χ1v) is 8.45. The van der Waals surface area contributed by atoms with Crippen molar-refractivity contribution in [2.24, 2.45) is 0 Å². The number of fused-ring (bicyclic) bond motifs is 1. The Morgan fingerprint density at radius 2 is 2.11 bits per heavy atom. The molecular formula is C14H12Br2OS. The topological polar surface area (TPSA) is 9.23 Å². The van der Waals surface area contributed by atoms with Crippen molar-refractivity contribution in [1.29, 1.82) is 0 Å². The molecule has 1 nitrogen and oxygen atoms in total. The molecule has 1 aliphatic rings. The summed E-state index contributed by atoms with van der Waals surface area (Å²) in [6, 6.07) is 10.5. The van der Waals surface area contributed by atoms with Crippen molar-refractivity contribution in [3.8, 4) is 5.75 Å². The van der Waals surface area contributed by atoms with E-state index in [9.17, 15) is 0 Å². The SMILES string of the molecule is Brc1ccsc1C(Br)C1CCOc2ccccc21. The Morgan fingerprint density at radius 1 is 1.28 bits per heavy atom. The van der Waals surface area contributed by atoms with Gasteiger partial charge in [0.25, 0.3) is 0 Å². The molecule has 0 aliphatic carbocycles. The number of thiophene rings is 1. The monoisotopic (exact) mass is 386 g/mol. The molecule has 0 radical (unpaired) electrons. The number of hydrogen-bond acceptors (Lipinski definition) is 2. The van der Waals surface area contributed by atoms with Gasteiger partial charge in [-0.3, -0.25) is 0 Å². The summed E-state index contributed by atoms with van der Waals surface area (Å²) in [6.07, 6.45) is 1.05. The molecule has 2 unspecified atom stereocenters. The maximum absolute atomic E-state index is 5.72. The van der Waals surface area contributed by atoms with Gasteiger partial charge in [0.05, 0.1) is 11.4 Å². The maximum atomic E-state index is 5.72. The molecule has 0 N–H and O–H groups in total. The summed E-state index contributed by atoms with van der Waals surface area (Å²) in [7, 11) is 0. The fourth-order valence-electron chi connectivity index (χ4n) is 2.36. The lowest BCUT2D eigenvalue weighted by Crippen LogP contribution is -2.17. The molecule has 2 atom stereocenters. The van der Waals surface area contributed by atoms with Crippen molar-refractivity contribution < 1.29 is 4.74 Å². The predicted molar refractivity (Wildman–Crippen MR) is 83.0 cm³/mol. The zero-order chi connectivity index (χ0) is 12.5. The van der Waals surface area contributed by atoms with E-state index in [-0.39, 0.29) is 0 Å². The van der Waals surface area contributed by atoms with Gasteiger partial charge < -0.3 is 4.74 Å². The summed E-state index contributed by atoms with van der Waals surface area (Å²) in [4.78, 5) is 1.70.